The lowest BCUT2D eigenvalue weighted by Crippen LogP contribution is -2.48. The molecule has 2 aliphatic rings. The molecule has 0 spiro atoms. The summed E-state index contributed by atoms with van der Waals surface area (Å²) in [4.78, 5) is 31.6. The largest absolute Gasteiger partial charge is 0.379 e. The quantitative estimate of drug-likeness (QED) is 0.761. The number of carbonyl (C=O) groups is 2. The van der Waals surface area contributed by atoms with Crippen molar-refractivity contribution in [3.8, 4) is 0 Å². The highest BCUT2D eigenvalue weighted by Gasteiger charge is 2.27. The molecule has 2 amide bonds. The molecule has 4 rings (SSSR count). The van der Waals surface area contributed by atoms with Gasteiger partial charge >= 0.3 is 0 Å². The van der Waals surface area contributed by atoms with E-state index in [2.05, 4.69) is 10.4 Å². The Morgan fingerprint density at radius 2 is 1.90 bits per heavy atom. The molecule has 0 atom stereocenters. The highest BCUT2D eigenvalue weighted by molar-refractivity contribution is 7.09. The number of amides is 2. The maximum absolute atomic E-state index is 12.6. The van der Waals surface area contributed by atoms with Gasteiger partial charge in [0.2, 0.25) is 5.91 Å². The van der Waals surface area contributed by atoms with Crippen molar-refractivity contribution >= 4 is 34.8 Å². The molecule has 1 aromatic carbocycles. The first kappa shape index (κ1) is 21.2. The number of nitrogens with one attached hydrogen (secondary N) is 1. The number of aromatic nitrogens is 1. The van der Waals surface area contributed by atoms with Gasteiger partial charge < -0.3 is 9.64 Å². The summed E-state index contributed by atoms with van der Waals surface area (Å²) in [5.74, 6) is 0.210. The van der Waals surface area contributed by atoms with E-state index in [0.717, 1.165) is 23.4 Å². The monoisotopic (exact) mass is 448 g/mol. The standard InChI is InChI=1S/C21H25ClN4O3S/c22-17-4-2-1-3-16(17)13-19(27)25-7-5-15(6-8-25)21-23-18(14-30-21)20(28)24-26-9-11-29-12-10-26/h1-4,14-15H,5-13H2,(H,24,28). The van der Waals surface area contributed by atoms with Gasteiger partial charge in [-0.05, 0) is 24.5 Å². The van der Waals surface area contributed by atoms with Crippen molar-refractivity contribution in [1.82, 2.24) is 20.3 Å². The van der Waals surface area contributed by atoms with Crippen molar-refractivity contribution < 1.29 is 14.3 Å². The number of rotatable bonds is 5. The van der Waals surface area contributed by atoms with Crippen LogP contribution in [0.4, 0.5) is 0 Å². The van der Waals surface area contributed by atoms with E-state index in [0.29, 0.717) is 56.5 Å². The van der Waals surface area contributed by atoms with Crippen LogP contribution in [0.2, 0.25) is 5.02 Å². The molecule has 1 N–H and O–H groups in total. The minimum Gasteiger partial charge on any atom is -0.379 e. The molecule has 2 saturated heterocycles. The Kier molecular flexibility index (Phi) is 6.99. The molecular formula is C21H25ClN4O3S. The average molecular weight is 449 g/mol. The summed E-state index contributed by atoms with van der Waals surface area (Å²) in [5.41, 5.74) is 4.22. The Labute approximate surface area is 184 Å². The van der Waals surface area contributed by atoms with E-state index in [9.17, 15) is 9.59 Å². The fourth-order valence-corrected chi connectivity index (χ4v) is 4.92. The van der Waals surface area contributed by atoms with Gasteiger partial charge in [-0.3, -0.25) is 15.0 Å². The number of piperidine rings is 1. The molecule has 0 saturated carbocycles. The van der Waals surface area contributed by atoms with Crippen molar-refractivity contribution in [2.24, 2.45) is 0 Å². The first-order valence-electron chi connectivity index (χ1n) is 10.2. The lowest BCUT2D eigenvalue weighted by Gasteiger charge is -2.31. The molecule has 3 heterocycles. The lowest BCUT2D eigenvalue weighted by atomic mass is 9.97. The summed E-state index contributed by atoms with van der Waals surface area (Å²) in [7, 11) is 0. The second-order valence-corrected chi connectivity index (χ2v) is 8.83. The smallest absolute Gasteiger partial charge is 0.285 e. The Bertz CT molecular complexity index is 892. The summed E-state index contributed by atoms with van der Waals surface area (Å²) >= 11 is 7.70. The normalized spacial score (nSPS) is 18.4. The zero-order chi connectivity index (χ0) is 20.9. The summed E-state index contributed by atoms with van der Waals surface area (Å²) < 4.78 is 5.29. The van der Waals surface area contributed by atoms with Crippen LogP contribution in [0, 0.1) is 0 Å². The zero-order valence-corrected chi connectivity index (χ0v) is 18.3. The van der Waals surface area contributed by atoms with Crippen LogP contribution in [0.1, 0.15) is 39.8 Å². The first-order valence-corrected chi connectivity index (χ1v) is 11.5. The summed E-state index contributed by atoms with van der Waals surface area (Å²) in [6.07, 6.45) is 2.03. The molecule has 0 radical (unpaired) electrons. The molecule has 2 aromatic rings. The minimum atomic E-state index is -0.174. The van der Waals surface area contributed by atoms with Crippen LogP contribution < -0.4 is 5.43 Å². The molecule has 0 bridgehead atoms. The summed E-state index contributed by atoms with van der Waals surface area (Å²) in [5, 5.41) is 5.29. The van der Waals surface area contributed by atoms with Crippen molar-refractivity contribution in [3.05, 3.63) is 50.9 Å². The fraction of sp³-hybridized carbons (Fsp3) is 0.476. The third kappa shape index (κ3) is 5.18. The Morgan fingerprint density at radius 1 is 1.17 bits per heavy atom. The van der Waals surface area contributed by atoms with Crippen LogP contribution in [0.5, 0.6) is 0 Å². The van der Waals surface area contributed by atoms with E-state index in [1.54, 1.807) is 0 Å². The van der Waals surface area contributed by atoms with Crippen LogP contribution in [-0.4, -0.2) is 66.1 Å². The van der Waals surface area contributed by atoms with E-state index >= 15 is 0 Å². The molecule has 9 heteroatoms. The summed E-state index contributed by atoms with van der Waals surface area (Å²) in [6.45, 7) is 4.01. The van der Waals surface area contributed by atoms with Gasteiger partial charge in [0, 0.05) is 42.5 Å². The van der Waals surface area contributed by atoms with E-state index in [4.69, 9.17) is 16.3 Å². The van der Waals surface area contributed by atoms with Crippen LogP contribution >= 0.6 is 22.9 Å². The second-order valence-electron chi connectivity index (χ2n) is 7.53. The Hall–Kier alpha value is -2.00. The predicted octanol–water partition coefficient (Wildman–Crippen LogP) is 2.72. The van der Waals surface area contributed by atoms with Gasteiger partial charge in [0.15, 0.2) is 0 Å². The van der Waals surface area contributed by atoms with Crippen LogP contribution in [-0.2, 0) is 16.0 Å². The number of thiazole rings is 1. The van der Waals surface area contributed by atoms with E-state index in [-0.39, 0.29) is 17.7 Å². The molecule has 7 nitrogen and oxygen atoms in total. The number of carbonyl (C=O) groups excluding carboxylic acids is 2. The third-order valence-electron chi connectivity index (χ3n) is 5.52. The molecule has 0 unspecified atom stereocenters. The number of hydrogen-bond acceptors (Lipinski definition) is 6. The van der Waals surface area contributed by atoms with Gasteiger partial charge in [-0.15, -0.1) is 11.3 Å². The Balaban J connectivity index is 1.28. The van der Waals surface area contributed by atoms with Gasteiger partial charge in [0.05, 0.1) is 24.6 Å². The SMILES string of the molecule is O=C(NN1CCOCC1)c1csc(C2CCN(C(=O)Cc3ccccc3Cl)CC2)n1. The van der Waals surface area contributed by atoms with Gasteiger partial charge in [-0.2, -0.15) is 0 Å². The van der Waals surface area contributed by atoms with Crippen LogP contribution in [0.15, 0.2) is 29.6 Å². The zero-order valence-electron chi connectivity index (χ0n) is 16.7. The summed E-state index contributed by atoms with van der Waals surface area (Å²) in [6, 6.07) is 7.47. The average Bonchev–Trinajstić information content (AvgIpc) is 3.27. The topological polar surface area (TPSA) is 74.8 Å². The van der Waals surface area contributed by atoms with Crippen LogP contribution in [0.25, 0.3) is 0 Å². The van der Waals surface area contributed by atoms with Gasteiger partial charge in [-0.1, -0.05) is 29.8 Å². The van der Waals surface area contributed by atoms with Gasteiger partial charge in [-0.25, -0.2) is 9.99 Å². The highest BCUT2D eigenvalue weighted by atomic mass is 35.5. The predicted molar refractivity (Wildman–Crippen MR) is 116 cm³/mol. The van der Waals surface area contributed by atoms with Crippen molar-refractivity contribution in [2.75, 3.05) is 39.4 Å². The van der Waals surface area contributed by atoms with Crippen molar-refractivity contribution in [3.63, 3.8) is 0 Å². The number of nitrogens with zero attached hydrogens (tertiary/aromatic N) is 3. The number of benzene rings is 1. The number of hydrazine groups is 1. The second kappa shape index (κ2) is 9.87. The molecule has 0 aliphatic carbocycles. The van der Waals surface area contributed by atoms with E-state index < -0.39 is 0 Å². The minimum absolute atomic E-state index is 0.103. The molecule has 2 aliphatic heterocycles. The molecule has 1 aromatic heterocycles. The Morgan fingerprint density at radius 3 is 2.63 bits per heavy atom. The molecule has 30 heavy (non-hydrogen) atoms. The van der Waals surface area contributed by atoms with Crippen molar-refractivity contribution in [2.45, 2.75) is 25.2 Å². The number of morpholine rings is 1. The third-order valence-corrected chi connectivity index (χ3v) is 6.90. The molecular weight excluding hydrogens is 424 g/mol. The fourth-order valence-electron chi connectivity index (χ4n) is 3.75. The van der Waals surface area contributed by atoms with Gasteiger partial charge in [0.1, 0.15) is 5.69 Å². The number of hydrogen-bond donors (Lipinski definition) is 1. The maximum Gasteiger partial charge on any atom is 0.285 e. The lowest BCUT2D eigenvalue weighted by molar-refractivity contribution is -0.131. The first-order chi connectivity index (χ1) is 14.6. The highest BCUT2D eigenvalue weighted by Crippen LogP contribution is 2.30. The van der Waals surface area contributed by atoms with E-state index in [1.807, 2.05) is 39.6 Å². The van der Waals surface area contributed by atoms with Crippen molar-refractivity contribution in [1.29, 1.82) is 0 Å². The van der Waals surface area contributed by atoms with Gasteiger partial charge in [0.25, 0.3) is 5.91 Å². The molecule has 2 fully saturated rings. The number of likely N-dealkylation sites (tertiary alicyclic amines) is 1. The maximum atomic E-state index is 12.6. The van der Waals surface area contributed by atoms with Crippen LogP contribution in [0.3, 0.4) is 0 Å². The van der Waals surface area contributed by atoms with E-state index in [1.165, 1.54) is 11.3 Å². The number of halogens is 1. The molecule has 160 valence electrons. The number of ether oxygens (including phenoxy) is 1.